The average Bonchev–Trinajstić information content (AvgIpc) is 3.07. The Morgan fingerprint density at radius 3 is 2.23 bits per heavy atom. The summed E-state index contributed by atoms with van der Waals surface area (Å²) in [6.45, 7) is 8.01. The second-order valence-electron chi connectivity index (χ2n) is 8.12. The quantitative estimate of drug-likeness (QED) is 0.502. The summed E-state index contributed by atoms with van der Waals surface area (Å²) in [7, 11) is 1.56. The zero-order chi connectivity index (χ0) is 22.2. The van der Waals surface area contributed by atoms with Gasteiger partial charge >= 0.3 is 0 Å². The fourth-order valence-electron chi connectivity index (χ4n) is 3.67. The summed E-state index contributed by atoms with van der Waals surface area (Å²) in [5, 5.41) is 4.29. The third-order valence-electron chi connectivity index (χ3n) is 5.37. The van der Waals surface area contributed by atoms with Crippen LogP contribution in [0.25, 0.3) is 0 Å². The van der Waals surface area contributed by atoms with Gasteiger partial charge in [-0.15, -0.1) is 0 Å². The first-order valence-electron chi connectivity index (χ1n) is 11.0. The predicted octanol–water partition coefficient (Wildman–Crippen LogP) is 5.02. The molecule has 3 rings (SSSR count). The van der Waals surface area contributed by atoms with Crippen LogP contribution in [0, 0.1) is 0 Å². The minimum Gasteiger partial charge on any atom is -0.493 e. The van der Waals surface area contributed by atoms with Crippen LogP contribution in [0.1, 0.15) is 62.4 Å². The number of carbonyl (C=O) groups is 1. The van der Waals surface area contributed by atoms with Crippen LogP contribution in [-0.4, -0.2) is 37.9 Å². The molecule has 1 saturated heterocycles. The average molecular weight is 424 g/mol. The molecule has 0 spiro atoms. The summed E-state index contributed by atoms with van der Waals surface area (Å²) >= 11 is 0. The van der Waals surface area contributed by atoms with E-state index in [-0.39, 0.29) is 12.0 Å². The summed E-state index contributed by atoms with van der Waals surface area (Å²) in [6, 6.07) is 13.5. The van der Waals surface area contributed by atoms with Gasteiger partial charge in [0, 0.05) is 24.3 Å². The number of rotatable bonds is 7. The molecule has 0 aliphatic carbocycles. The molecule has 0 saturated carbocycles. The van der Waals surface area contributed by atoms with Crippen molar-refractivity contribution in [3.05, 3.63) is 53.6 Å². The molecule has 166 valence electrons. The Morgan fingerprint density at radius 2 is 1.61 bits per heavy atom. The van der Waals surface area contributed by atoms with Crippen LogP contribution < -0.4 is 19.8 Å². The van der Waals surface area contributed by atoms with Crippen LogP contribution in [0.3, 0.4) is 0 Å². The largest absolute Gasteiger partial charge is 0.493 e. The Bertz CT molecular complexity index is 899. The van der Waals surface area contributed by atoms with E-state index in [1.165, 1.54) is 31.4 Å². The lowest BCUT2D eigenvalue weighted by molar-refractivity contribution is 0.0954. The van der Waals surface area contributed by atoms with E-state index in [2.05, 4.69) is 39.7 Å². The van der Waals surface area contributed by atoms with Gasteiger partial charge in [-0.25, -0.2) is 5.43 Å². The van der Waals surface area contributed by atoms with Crippen molar-refractivity contribution >= 4 is 17.3 Å². The van der Waals surface area contributed by atoms with Crippen LogP contribution >= 0.6 is 0 Å². The molecule has 1 N–H and O–H groups in total. The Labute approximate surface area is 185 Å². The fourth-order valence-corrected chi connectivity index (χ4v) is 3.67. The second-order valence-corrected chi connectivity index (χ2v) is 8.12. The van der Waals surface area contributed by atoms with Crippen molar-refractivity contribution in [2.75, 3.05) is 25.1 Å². The first-order chi connectivity index (χ1) is 15.0. The molecule has 2 aromatic carbocycles. The summed E-state index contributed by atoms with van der Waals surface area (Å²) in [6.07, 6.45) is 5.16. The highest BCUT2D eigenvalue weighted by atomic mass is 16.5. The van der Waals surface area contributed by atoms with Gasteiger partial charge in [-0.1, -0.05) is 25.0 Å². The van der Waals surface area contributed by atoms with Crippen molar-refractivity contribution in [1.29, 1.82) is 0 Å². The predicted molar refractivity (Wildman–Crippen MR) is 126 cm³/mol. The Hall–Kier alpha value is -3.02. The molecule has 1 aliphatic rings. The second kappa shape index (κ2) is 10.8. The maximum atomic E-state index is 12.6. The molecule has 6 nitrogen and oxygen atoms in total. The molecular weight excluding hydrogens is 390 g/mol. The lowest BCUT2D eigenvalue weighted by Gasteiger charge is -2.22. The zero-order valence-corrected chi connectivity index (χ0v) is 19.0. The smallest absolute Gasteiger partial charge is 0.271 e. The molecular formula is C25H33N3O3. The van der Waals surface area contributed by atoms with Crippen molar-refractivity contribution in [3.8, 4) is 11.5 Å². The first kappa shape index (κ1) is 22.7. The van der Waals surface area contributed by atoms with E-state index in [1.807, 2.05) is 20.8 Å². The monoisotopic (exact) mass is 423 g/mol. The molecule has 0 aromatic heterocycles. The number of nitrogens with zero attached hydrogens (tertiary/aromatic N) is 2. The molecule has 1 fully saturated rings. The number of anilines is 1. The third kappa shape index (κ3) is 6.23. The fraction of sp³-hybridized carbons (Fsp3) is 0.440. The molecule has 0 bridgehead atoms. The van der Waals surface area contributed by atoms with Gasteiger partial charge in [0.15, 0.2) is 11.5 Å². The van der Waals surface area contributed by atoms with Crippen molar-refractivity contribution in [1.82, 2.24) is 5.43 Å². The number of nitrogens with one attached hydrogen (secondary N) is 1. The number of methoxy groups -OCH3 is 1. The van der Waals surface area contributed by atoms with Crippen LogP contribution in [0.15, 0.2) is 47.6 Å². The highest BCUT2D eigenvalue weighted by Gasteiger charge is 2.13. The zero-order valence-electron chi connectivity index (χ0n) is 19.0. The van der Waals surface area contributed by atoms with Crippen molar-refractivity contribution in [2.45, 2.75) is 52.6 Å². The van der Waals surface area contributed by atoms with Gasteiger partial charge < -0.3 is 14.4 Å². The SMILES string of the molecule is COc1cc(C(=O)N/N=C(/C)c2ccc(N3CCCCCC3)cc2)ccc1OC(C)C. The maximum absolute atomic E-state index is 12.6. The number of carbonyl (C=O) groups excluding carboxylic acids is 1. The molecule has 2 aromatic rings. The molecule has 31 heavy (non-hydrogen) atoms. The van der Waals surface area contributed by atoms with E-state index in [1.54, 1.807) is 25.3 Å². The van der Waals surface area contributed by atoms with Crippen molar-refractivity contribution < 1.29 is 14.3 Å². The van der Waals surface area contributed by atoms with E-state index in [0.29, 0.717) is 17.1 Å². The normalized spacial score (nSPS) is 14.9. The molecule has 1 heterocycles. The van der Waals surface area contributed by atoms with Gasteiger partial charge in [0.1, 0.15) is 0 Å². The molecule has 6 heteroatoms. The minimum atomic E-state index is -0.296. The molecule has 0 atom stereocenters. The van der Waals surface area contributed by atoms with Crippen LogP contribution in [0.2, 0.25) is 0 Å². The number of hydrogen-bond donors (Lipinski definition) is 1. The molecule has 1 aliphatic heterocycles. The number of ether oxygens (including phenoxy) is 2. The minimum absolute atomic E-state index is 0.0200. The van der Waals surface area contributed by atoms with Gasteiger partial charge in [-0.2, -0.15) is 5.10 Å². The standard InChI is InChI=1S/C25H33N3O3/c1-18(2)31-23-14-11-21(17-24(23)30-4)25(29)27-26-19(3)20-9-12-22(13-10-20)28-15-7-5-6-8-16-28/h9-14,17-18H,5-8,15-16H2,1-4H3,(H,27,29)/b26-19-. The van der Waals surface area contributed by atoms with Crippen molar-refractivity contribution in [2.24, 2.45) is 5.10 Å². The summed E-state index contributed by atoms with van der Waals surface area (Å²) < 4.78 is 11.1. The lowest BCUT2D eigenvalue weighted by atomic mass is 10.1. The van der Waals surface area contributed by atoms with Gasteiger partial charge in [0.2, 0.25) is 0 Å². The molecule has 1 amide bonds. The van der Waals surface area contributed by atoms with Gasteiger partial charge in [-0.05, 0) is 69.5 Å². The van der Waals surface area contributed by atoms with Crippen LogP contribution in [0.5, 0.6) is 11.5 Å². The van der Waals surface area contributed by atoms with Gasteiger partial charge in [0.05, 0.1) is 18.9 Å². The Balaban J connectivity index is 1.65. The molecule has 0 unspecified atom stereocenters. The summed E-state index contributed by atoms with van der Waals surface area (Å²) in [5.41, 5.74) is 6.08. The van der Waals surface area contributed by atoms with E-state index < -0.39 is 0 Å². The van der Waals surface area contributed by atoms with Crippen molar-refractivity contribution in [3.63, 3.8) is 0 Å². The Kier molecular flexibility index (Phi) is 7.93. The summed E-state index contributed by atoms with van der Waals surface area (Å²) in [4.78, 5) is 15.0. The lowest BCUT2D eigenvalue weighted by Crippen LogP contribution is -2.23. The van der Waals surface area contributed by atoms with Gasteiger partial charge in [0.25, 0.3) is 5.91 Å². The number of hydrazone groups is 1. The molecule has 0 radical (unpaired) electrons. The van der Waals surface area contributed by atoms with Crippen LogP contribution in [-0.2, 0) is 0 Å². The number of amides is 1. The topological polar surface area (TPSA) is 63.2 Å². The van der Waals surface area contributed by atoms with Gasteiger partial charge in [-0.3, -0.25) is 4.79 Å². The number of benzene rings is 2. The van der Waals surface area contributed by atoms with E-state index in [0.717, 1.165) is 24.4 Å². The van der Waals surface area contributed by atoms with E-state index >= 15 is 0 Å². The third-order valence-corrected chi connectivity index (χ3v) is 5.37. The highest BCUT2D eigenvalue weighted by molar-refractivity contribution is 6.01. The van der Waals surface area contributed by atoms with Crippen LogP contribution in [0.4, 0.5) is 5.69 Å². The Morgan fingerprint density at radius 1 is 0.968 bits per heavy atom. The van der Waals surface area contributed by atoms with E-state index in [4.69, 9.17) is 9.47 Å². The summed E-state index contributed by atoms with van der Waals surface area (Å²) in [5.74, 6) is 0.833. The maximum Gasteiger partial charge on any atom is 0.271 e. The number of hydrogen-bond acceptors (Lipinski definition) is 5. The first-order valence-corrected chi connectivity index (χ1v) is 11.0. The highest BCUT2D eigenvalue weighted by Crippen LogP contribution is 2.29. The van der Waals surface area contributed by atoms with E-state index in [9.17, 15) is 4.79 Å².